The number of H-pyrrole nitrogens is 1. The third-order valence-corrected chi connectivity index (χ3v) is 2.56. The third kappa shape index (κ3) is 1.15. The van der Waals surface area contributed by atoms with Crippen molar-refractivity contribution < 1.29 is 4.92 Å². The van der Waals surface area contributed by atoms with Crippen LogP contribution >= 0.6 is 0 Å². The number of nitrogens with zero attached hydrogens (tertiary/aromatic N) is 2. The Morgan fingerprint density at radius 3 is 2.94 bits per heavy atom. The molecule has 0 fully saturated rings. The molecule has 3 aromatic rings. The predicted octanol–water partition coefficient (Wildman–Crippen LogP) is 2.62. The van der Waals surface area contributed by atoms with Gasteiger partial charge in [0, 0.05) is 34.6 Å². The number of non-ortho nitro benzene ring substituents is 1. The van der Waals surface area contributed by atoms with Gasteiger partial charge in [-0.25, -0.2) is 4.98 Å². The van der Waals surface area contributed by atoms with E-state index in [0.29, 0.717) is 0 Å². The Balaban J connectivity index is 2.44. The lowest BCUT2D eigenvalue weighted by atomic mass is 10.2. The standard InChI is InChI=1S/C11H7N3O2/c15-14(16)7-3-4-10-9(6-7)8-2-1-5-12-11(8)13-10/h1-6H,(H,12,13). The molecule has 0 atom stereocenters. The minimum absolute atomic E-state index is 0.0947. The number of rotatable bonds is 1. The summed E-state index contributed by atoms with van der Waals surface area (Å²) in [6.45, 7) is 0. The Labute approximate surface area is 89.9 Å². The van der Waals surface area contributed by atoms with E-state index in [1.165, 1.54) is 6.07 Å². The second-order valence-corrected chi connectivity index (χ2v) is 3.51. The van der Waals surface area contributed by atoms with E-state index in [4.69, 9.17) is 0 Å². The van der Waals surface area contributed by atoms with Crippen LogP contribution in [0, 0.1) is 10.1 Å². The topological polar surface area (TPSA) is 71.8 Å². The van der Waals surface area contributed by atoms with Crippen molar-refractivity contribution in [3.63, 3.8) is 0 Å². The molecule has 1 N–H and O–H groups in total. The Kier molecular flexibility index (Phi) is 1.67. The van der Waals surface area contributed by atoms with Crippen molar-refractivity contribution in [2.24, 2.45) is 0 Å². The van der Waals surface area contributed by atoms with E-state index in [0.717, 1.165) is 21.9 Å². The van der Waals surface area contributed by atoms with Gasteiger partial charge in [-0.3, -0.25) is 10.1 Å². The normalized spacial score (nSPS) is 11.0. The highest BCUT2D eigenvalue weighted by Gasteiger charge is 2.10. The van der Waals surface area contributed by atoms with Gasteiger partial charge >= 0.3 is 0 Å². The zero-order valence-corrected chi connectivity index (χ0v) is 8.18. The summed E-state index contributed by atoms with van der Waals surface area (Å²) in [5.41, 5.74) is 1.70. The minimum atomic E-state index is -0.394. The fourth-order valence-corrected chi connectivity index (χ4v) is 1.83. The summed E-state index contributed by atoms with van der Waals surface area (Å²) < 4.78 is 0. The summed E-state index contributed by atoms with van der Waals surface area (Å²) >= 11 is 0. The van der Waals surface area contributed by atoms with Crippen LogP contribution in [0.1, 0.15) is 0 Å². The summed E-state index contributed by atoms with van der Waals surface area (Å²) in [6.07, 6.45) is 1.69. The van der Waals surface area contributed by atoms with Crippen LogP contribution in [0.3, 0.4) is 0 Å². The molecule has 0 aliphatic heterocycles. The van der Waals surface area contributed by atoms with Crippen LogP contribution in [-0.2, 0) is 0 Å². The summed E-state index contributed by atoms with van der Waals surface area (Å²) in [5, 5.41) is 12.4. The molecule has 0 saturated heterocycles. The van der Waals surface area contributed by atoms with Crippen molar-refractivity contribution in [1.82, 2.24) is 9.97 Å². The van der Waals surface area contributed by atoms with Gasteiger partial charge in [-0.05, 0) is 18.2 Å². The van der Waals surface area contributed by atoms with Crippen LogP contribution in [-0.4, -0.2) is 14.9 Å². The van der Waals surface area contributed by atoms with E-state index in [9.17, 15) is 10.1 Å². The SMILES string of the molecule is O=[N+]([O-])c1ccc2[nH]c3ncccc3c2c1. The van der Waals surface area contributed by atoms with Crippen LogP contribution in [0.5, 0.6) is 0 Å². The van der Waals surface area contributed by atoms with Crippen molar-refractivity contribution in [1.29, 1.82) is 0 Å². The van der Waals surface area contributed by atoms with E-state index < -0.39 is 4.92 Å². The first-order valence-corrected chi connectivity index (χ1v) is 4.76. The van der Waals surface area contributed by atoms with Crippen molar-refractivity contribution in [2.45, 2.75) is 0 Å². The molecule has 0 saturated carbocycles. The smallest absolute Gasteiger partial charge is 0.270 e. The Morgan fingerprint density at radius 2 is 2.12 bits per heavy atom. The summed E-state index contributed by atoms with van der Waals surface area (Å²) in [5.74, 6) is 0. The lowest BCUT2D eigenvalue weighted by Crippen LogP contribution is -1.86. The lowest BCUT2D eigenvalue weighted by molar-refractivity contribution is -0.384. The highest BCUT2D eigenvalue weighted by atomic mass is 16.6. The van der Waals surface area contributed by atoms with Gasteiger partial charge in [0.15, 0.2) is 0 Å². The molecule has 1 aromatic carbocycles. The van der Waals surface area contributed by atoms with Crippen LogP contribution < -0.4 is 0 Å². The van der Waals surface area contributed by atoms with Crippen molar-refractivity contribution in [3.8, 4) is 0 Å². The second-order valence-electron chi connectivity index (χ2n) is 3.51. The molecule has 0 radical (unpaired) electrons. The number of pyridine rings is 1. The number of aromatic nitrogens is 2. The number of hydrogen-bond donors (Lipinski definition) is 1. The van der Waals surface area contributed by atoms with Crippen molar-refractivity contribution in [2.75, 3.05) is 0 Å². The number of nitro benzene ring substituents is 1. The summed E-state index contributed by atoms with van der Waals surface area (Å²) in [4.78, 5) is 17.6. The summed E-state index contributed by atoms with van der Waals surface area (Å²) in [7, 11) is 0. The quantitative estimate of drug-likeness (QED) is 0.498. The van der Waals surface area contributed by atoms with Crippen LogP contribution in [0.2, 0.25) is 0 Å². The molecular weight excluding hydrogens is 206 g/mol. The number of fused-ring (bicyclic) bond motifs is 3. The number of benzene rings is 1. The molecule has 0 aliphatic carbocycles. The average molecular weight is 213 g/mol. The van der Waals surface area contributed by atoms with Gasteiger partial charge in [0.2, 0.25) is 0 Å². The van der Waals surface area contributed by atoms with E-state index >= 15 is 0 Å². The molecule has 0 unspecified atom stereocenters. The highest BCUT2D eigenvalue weighted by Crippen LogP contribution is 2.27. The number of nitro groups is 1. The molecule has 2 aromatic heterocycles. The number of aromatic amines is 1. The van der Waals surface area contributed by atoms with Gasteiger partial charge < -0.3 is 4.98 Å². The maximum atomic E-state index is 10.7. The number of hydrogen-bond acceptors (Lipinski definition) is 3. The predicted molar refractivity (Wildman–Crippen MR) is 60.3 cm³/mol. The molecule has 0 aliphatic rings. The molecule has 78 valence electrons. The minimum Gasteiger partial charge on any atom is -0.339 e. The van der Waals surface area contributed by atoms with Crippen LogP contribution in [0.15, 0.2) is 36.5 Å². The maximum Gasteiger partial charge on any atom is 0.270 e. The molecule has 2 heterocycles. The molecule has 16 heavy (non-hydrogen) atoms. The maximum absolute atomic E-state index is 10.7. The van der Waals surface area contributed by atoms with Gasteiger partial charge in [-0.1, -0.05) is 0 Å². The first kappa shape index (κ1) is 8.84. The molecule has 3 rings (SSSR count). The fourth-order valence-electron chi connectivity index (χ4n) is 1.83. The Hall–Kier alpha value is -2.43. The first-order valence-electron chi connectivity index (χ1n) is 4.76. The monoisotopic (exact) mass is 213 g/mol. The molecule has 0 spiro atoms. The Morgan fingerprint density at radius 1 is 1.25 bits per heavy atom. The second kappa shape index (κ2) is 3.03. The highest BCUT2D eigenvalue weighted by molar-refractivity contribution is 6.06. The first-order chi connectivity index (χ1) is 7.75. The van der Waals surface area contributed by atoms with Crippen LogP contribution in [0.25, 0.3) is 21.9 Å². The van der Waals surface area contributed by atoms with E-state index in [-0.39, 0.29) is 5.69 Å². The van der Waals surface area contributed by atoms with Crippen molar-refractivity contribution >= 4 is 27.6 Å². The largest absolute Gasteiger partial charge is 0.339 e. The molecule has 5 nitrogen and oxygen atoms in total. The molecule has 5 heteroatoms. The molecular formula is C11H7N3O2. The van der Waals surface area contributed by atoms with Gasteiger partial charge in [-0.15, -0.1) is 0 Å². The zero-order valence-electron chi connectivity index (χ0n) is 8.18. The Bertz CT molecular complexity index is 703. The van der Waals surface area contributed by atoms with Gasteiger partial charge in [0.05, 0.1) is 4.92 Å². The van der Waals surface area contributed by atoms with Crippen molar-refractivity contribution in [3.05, 3.63) is 46.6 Å². The summed E-state index contributed by atoms with van der Waals surface area (Å²) in [6, 6.07) is 8.46. The molecule has 0 bridgehead atoms. The number of nitrogens with one attached hydrogen (secondary N) is 1. The van der Waals surface area contributed by atoms with Crippen LogP contribution in [0.4, 0.5) is 5.69 Å². The third-order valence-electron chi connectivity index (χ3n) is 2.56. The fraction of sp³-hybridized carbons (Fsp3) is 0. The average Bonchev–Trinajstić information content (AvgIpc) is 2.66. The van der Waals surface area contributed by atoms with E-state index in [1.54, 1.807) is 18.3 Å². The van der Waals surface area contributed by atoms with E-state index in [1.807, 2.05) is 12.1 Å². The zero-order chi connectivity index (χ0) is 11.1. The lowest BCUT2D eigenvalue weighted by Gasteiger charge is -1.91. The molecule has 0 amide bonds. The van der Waals surface area contributed by atoms with Gasteiger partial charge in [0.25, 0.3) is 5.69 Å². The van der Waals surface area contributed by atoms with Gasteiger partial charge in [0.1, 0.15) is 5.65 Å². The van der Waals surface area contributed by atoms with E-state index in [2.05, 4.69) is 9.97 Å². The van der Waals surface area contributed by atoms with Gasteiger partial charge in [-0.2, -0.15) is 0 Å².